The summed E-state index contributed by atoms with van der Waals surface area (Å²) in [5, 5.41) is 6.93. The first-order valence-corrected chi connectivity index (χ1v) is 6.24. The van der Waals surface area contributed by atoms with Crippen molar-refractivity contribution in [3.63, 3.8) is 0 Å². The lowest BCUT2D eigenvalue weighted by Gasteiger charge is -2.09. The zero-order valence-electron chi connectivity index (χ0n) is 10.6. The Labute approximate surface area is 117 Å². The van der Waals surface area contributed by atoms with Gasteiger partial charge >= 0.3 is 0 Å². The molecule has 2 N–H and O–H groups in total. The number of anilines is 3. The van der Waals surface area contributed by atoms with Crippen LogP contribution in [0.2, 0.25) is 5.02 Å². The number of nitrogens with zero attached hydrogens (tertiary/aromatic N) is 2. The third kappa shape index (κ3) is 4.08. The maximum atomic E-state index is 6.08. The Morgan fingerprint density at radius 2 is 2.00 bits per heavy atom. The van der Waals surface area contributed by atoms with Crippen molar-refractivity contribution in [1.29, 1.82) is 0 Å². The highest BCUT2D eigenvalue weighted by atomic mass is 35.5. The van der Waals surface area contributed by atoms with E-state index in [1.165, 1.54) is 6.33 Å². The molecule has 0 aliphatic rings. The van der Waals surface area contributed by atoms with Crippen LogP contribution in [-0.2, 0) is 4.74 Å². The second kappa shape index (κ2) is 6.92. The monoisotopic (exact) mass is 278 g/mol. The largest absolute Gasteiger partial charge is 0.383 e. The van der Waals surface area contributed by atoms with E-state index in [4.69, 9.17) is 16.3 Å². The molecule has 0 saturated carbocycles. The molecule has 0 atom stereocenters. The zero-order chi connectivity index (χ0) is 13.5. The fraction of sp³-hybridized carbons (Fsp3) is 0.231. The second-order valence-corrected chi connectivity index (χ2v) is 4.22. The molecule has 1 aromatic heterocycles. The molecule has 0 amide bonds. The van der Waals surface area contributed by atoms with E-state index in [2.05, 4.69) is 20.6 Å². The third-order valence-corrected chi connectivity index (χ3v) is 2.75. The number of methoxy groups -OCH3 is 1. The van der Waals surface area contributed by atoms with Gasteiger partial charge in [-0.25, -0.2) is 9.97 Å². The standard InChI is InChI=1S/C13H15ClN4O/c1-19-7-6-15-12-8-13(17-9-16-12)18-11-5-3-2-4-10(11)14/h2-5,8-9H,6-7H2,1H3,(H2,15,16,17,18). The van der Waals surface area contributed by atoms with Crippen molar-refractivity contribution >= 4 is 28.9 Å². The zero-order valence-corrected chi connectivity index (χ0v) is 11.3. The molecule has 2 aromatic rings. The number of hydrogen-bond acceptors (Lipinski definition) is 5. The van der Waals surface area contributed by atoms with E-state index in [9.17, 15) is 0 Å². The van der Waals surface area contributed by atoms with Gasteiger partial charge in [-0.15, -0.1) is 0 Å². The van der Waals surface area contributed by atoms with Crippen LogP contribution in [0.25, 0.3) is 0 Å². The molecular weight excluding hydrogens is 264 g/mol. The van der Waals surface area contributed by atoms with Crippen molar-refractivity contribution < 1.29 is 4.74 Å². The lowest BCUT2D eigenvalue weighted by atomic mass is 10.3. The summed E-state index contributed by atoms with van der Waals surface area (Å²) in [4.78, 5) is 8.28. The van der Waals surface area contributed by atoms with Gasteiger partial charge in [-0.3, -0.25) is 0 Å². The summed E-state index contributed by atoms with van der Waals surface area (Å²) >= 11 is 6.08. The van der Waals surface area contributed by atoms with Gasteiger partial charge in [0.05, 0.1) is 17.3 Å². The highest BCUT2D eigenvalue weighted by Gasteiger charge is 2.02. The summed E-state index contributed by atoms with van der Waals surface area (Å²) < 4.78 is 4.97. The quantitative estimate of drug-likeness (QED) is 0.796. The number of rotatable bonds is 6. The van der Waals surface area contributed by atoms with Gasteiger partial charge in [0.2, 0.25) is 0 Å². The summed E-state index contributed by atoms with van der Waals surface area (Å²) in [5.74, 6) is 1.42. The van der Waals surface area contributed by atoms with Crippen molar-refractivity contribution in [2.24, 2.45) is 0 Å². The number of para-hydroxylation sites is 1. The van der Waals surface area contributed by atoms with Gasteiger partial charge in [-0.1, -0.05) is 23.7 Å². The highest BCUT2D eigenvalue weighted by Crippen LogP contribution is 2.24. The molecule has 5 nitrogen and oxygen atoms in total. The molecule has 0 unspecified atom stereocenters. The van der Waals surface area contributed by atoms with E-state index < -0.39 is 0 Å². The molecule has 2 rings (SSSR count). The average Bonchev–Trinajstić information content (AvgIpc) is 2.42. The SMILES string of the molecule is COCCNc1cc(Nc2ccccc2Cl)ncn1. The fourth-order valence-corrected chi connectivity index (χ4v) is 1.69. The molecule has 0 radical (unpaired) electrons. The van der Waals surface area contributed by atoms with Crippen LogP contribution in [0.4, 0.5) is 17.3 Å². The number of nitrogens with one attached hydrogen (secondary N) is 2. The van der Waals surface area contributed by atoms with Crippen LogP contribution < -0.4 is 10.6 Å². The van der Waals surface area contributed by atoms with Gasteiger partial charge in [0.1, 0.15) is 18.0 Å². The van der Waals surface area contributed by atoms with Crippen molar-refractivity contribution in [3.8, 4) is 0 Å². The Kier molecular flexibility index (Phi) is 4.94. The number of benzene rings is 1. The number of aromatic nitrogens is 2. The van der Waals surface area contributed by atoms with Crippen LogP contribution in [0, 0.1) is 0 Å². The summed E-state index contributed by atoms with van der Waals surface area (Å²) in [7, 11) is 1.66. The van der Waals surface area contributed by atoms with Crippen LogP contribution in [0.15, 0.2) is 36.7 Å². The Morgan fingerprint density at radius 3 is 2.79 bits per heavy atom. The van der Waals surface area contributed by atoms with Gasteiger partial charge in [-0.05, 0) is 12.1 Å². The predicted molar refractivity (Wildman–Crippen MR) is 77.1 cm³/mol. The van der Waals surface area contributed by atoms with Crippen molar-refractivity contribution in [3.05, 3.63) is 41.7 Å². The molecule has 1 heterocycles. The van der Waals surface area contributed by atoms with Crippen LogP contribution in [0.5, 0.6) is 0 Å². The van der Waals surface area contributed by atoms with Crippen LogP contribution in [0.1, 0.15) is 0 Å². The first-order valence-electron chi connectivity index (χ1n) is 5.86. The van der Waals surface area contributed by atoms with Gasteiger partial charge in [-0.2, -0.15) is 0 Å². The lowest BCUT2D eigenvalue weighted by molar-refractivity contribution is 0.210. The minimum absolute atomic E-state index is 0.622. The van der Waals surface area contributed by atoms with Gasteiger partial charge < -0.3 is 15.4 Å². The Morgan fingerprint density at radius 1 is 1.21 bits per heavy atom. The average molecular weight is 279 g/mol. The predicted octanol–water partition coefficient (Wildman–Crippen LogP) is 2.93. The van der Waals surface area contributed by atoms with Crippen LogP contribution in [-0.4, -0.2) is 30.2 Å². The summed E-state index contributed by atoms with van der Waals surface area (Å²) in [6.45, 7) is 1.32. The molecule has 0 bridgehead atoms. The van der Waals surface area contributed by atoms with Crippen molar-refractivity contribution in [2.75, 3.05) is 30.9 Å². The van der Waals surface area contributed by atoms with Crippen LogP contribution in [0.3, 0.4) is 0 Å². The maximum absolute atomic E-state index is 6.08. The van der Waals surface area contributed by atoms with E-state index in [-0.39, 0.29) is 0 Å². The molecule has 0 saturated heterocycles. The molecule has 0 aliphatic heterocycles. The first kappa shape index (κ1) is 13.6. The topological polar surface area (TPSA) is 59.1 Å². The van der Waals surface area contributed by atoms with E-state index in [1.807, 2.05) is 30.3 Å². The molecule has 1 aromatic carbocycles. The molecule has 6 heteroatoms. The molecular formula is C13H15ClN4O. The number of hydrogen-bond donors (Lipinski definition) is 2. The number of halogens is 1. The van der Waals surface area contributed by atoms with E-state index in [0.717, 1.165) is 11.5 Å². The fourth-order valence-electron chi connectivity index (χ4n) is 1.50. The van der Waals surface area contributed by atoms with E-state index in [1.54, 1.807) is 7.11 Å². The van der Waals surface area contributed by atoms with Gasteiger partial charge in [0.25, 0.3) is 0 Å². The molecule has 0 fully saturated rings. The Hall–Kier alpha value is -1.85. The van der Waals surface area contributed by atoms with E-state index in [0.29, 0.717) is 24.0 Å². The van der Waals surface area contributed by atoms with E-state index >= 15 is 0 Å². The molecule has 100 valence electrons. The second-order valence-electron chi connectivity index (χ2n) is 3.81. The van der Waals surface area contributed by atoms with Crippen molar-refractivity contribution in [1.82, 2.24) is 9.97 Å². The third-order valence-electron chi connectivity index (χ3n) is 2.42. The minimum Gasteiger partial charge on any atom is -0.383 e. The van der Waals surface area contributed by atoms with Crippen LogP contribution >= 0.6 is 11.6 Å². The summed E-state index contributed by atoms with van der Waals surface area (Å²) in [6, 6.07) is 9.32. The van der Waals surface area contributed by atoms with Gasteiger partial charge in [0.15, 0.2) is 0 Å². The summed E-state index contributed by atoms with van der Waals surface area (Å²) in [5.41, 5.74) is 0.811. The van der Waals surface area contributed by atoms with Crippen molar-refractivity contribution in [2.45, 2.75) is 0 Å². The lowest BCUT2D eigenvalue weighted by Crippen LogP contribution is -2.09. The molecule has 0 spiro atoms. The summed E-state index contributed by atoms with van der Waals surface area (Å²) in [6.07, 6.45) is 1.49. The number of ether oxygens (including phenoxy) is 1. The van der Waals surface area contributed by atoms with Gasteiger partial charge in [0, 0.05) is 19.7 Å². The Bertz CT molecular complexity index is 536. The smallest absolute Gasteiger partial charge is 0.135 e. The molecule has 19 heavy (non-hydrogen) atoms. The Balaban J connectivity index is 2.05. The molecule has 0 aliphatic carbocycles. The maximum Gasteiger partial charge on any atom is 0.135 e. The highest BCUT2D eigenvalue weighted by molar-refractivity contribution is 6.33. The first-order chi connectivity index (χ1) is 9.29. The normalized spacial score (nSPS) is 10.2. The minimum atomic E-state index is 0.622.